The lowest BCUT2D eigenvalue weighted by Gasteiger charge is -2.24. The van der Waals surface area contributed by atoms with E-state index >= 15 is 0 Å². The van der Waals surface area contributed by atoms with Gasteiger partial charge in [-0.05, 0) is 24.6 Å². The summed E-state index contributed by atoms with van der Waals surface area (Å²) in [6.45, 7) is 1.80. The molecule has 1 heterocycles. The van der Waals surface area contributed by atoms with E-state index in [1.807, 2.05) is 30.3 Å². The van der Waals surface area contributed by atoms with E-state index in [-0.39, 0.29) is 23.3 Å². The van der Waals surface area contributed by atoms with Crippen LogP contribution in [0.15, 0.2) is 60.8 Å². The number of amides is 1. The minimum atomic E-state index is -0.455. The summed E-state index contributed by atoms with van der Waals surface area (Å²) in [4.78, 5) is 26.1. The highest BCUT2D eigenvalue weighted by Crippen LogP contribution is 2.24. The quantitative estimate of drug-likeness (QED) is 0.520. The molecule has 1 atom stereocenters. The third-order valence-electron chi connectivity index (χ3n) is 4.16. The zero-order valence-corrected chi connectivity index (χ0v) is 14.3. The van der Waals surface area contributed by atoms with Crippen LogP contribution in [0.5, 0.6) is 0 Å². The van der Waals surface area contributed by atoms with Gasteiger partial charge in [0.05, 0.1) is 22.8 Å². The van der Waals surface area contributed by atoms with E-state index in [1.54, 1.807) is 26.1 Å². The molecule has 0 unspecified atom stereocenters. The van der Waals surface area contributed by atoms with Crippen molar-refractivity contribution in [2.45, 2.75) is 13.0 Å². The smallest absolute Gasteiger partial charge is 0.276 e. The summed E-state index contributed by atoms with van der Waals surface area (Å²) in [5.74, 6) is -0.314. The van der Waals surface area contributed by atoms with Crippen molar-refractivity contribution in [3.05, 3.63) is 82.2 Å². The largest absolute Gasteiger partial charge is 0.333 e. The molecule has 0 N–H and O–H groups in total. The number of carbonyl (C=O) groups excluding carboxylic acids is 1. The molecule has 0 spiro atoms. The van der Waals surface area contributed by atoms with Crippen LogP contribution in [0.2, 0.25) is 0 Å². The van der Waals surface area contributed by atoms with Crippen molar-refractivity contribution in [1.82, 2.24) is 19.9 Å². The molecule has 1 aromatic heterocycles. The average Bonchev–Trinajstić information content (AvgIpc) is 3.17. The van der Waals surface area contributed by atoms with Crippen molar-refractivity contribution in [1.29, 1.82) is 0 Å². The van der Waals surface area contributed by atoms with Crippen LogP contribution in [0, 0.1) is 10.1 Å². The summed E-state index contributed by atoms with van der Waals surface area (Å²) >= 11 is 0. The zero-order chi connectivity index (χ0) is 18.7. The van der Waals surface area contributed by atoms with Gasteiger partial charge >= 0.3 is 0 Å². The predicted molar refractivity (Wildman–Crippen MR) is 95.0 cm³/mol. The first-order valence-electron chi connectivity index (χ1n) is 7.96. The van der Waals surface area contributed by atoms with Crippen LogP contribution < -0.4 is 0 Å². The second kappa shape index (κ2) is 7.14. The number of non-ortho nitro benzene ring substituents is 1. The fourth-order valence-corrected chi connectivity index (χ4v) is 2.53. The number of rotatable bonds is 5. The Morgan fingerprint density at radius 1 is 1.19 bits per heavy atom. The average molecular weight is 351 g/mol. The maximum atomic E-state index is 12.7. The van der Waals surface area contributed by atoms with Gasteiger partial charge < -0.3 is 4.90 Å². The molecule has 132 valence electrons. The summed E-state index contributed by atoms with van der Waals surface area (Å²) in [6, 6.07) is 15.2. The van der Waals surface area contributed by atoms with Gasteiger partial charge in [-0.3, -0.25) is 14.9 Å². The van der Waals surface area contributed by atoms with Crippen LogP contribution in [0.4, 0.5) is 5.69 Å². The molecule has 0 aliphatic carbocycles. The van der Waals surface area contributed by atoms with E-state index in [1.165, 1.54) is 28.0 Å². The summed E-state index contributed by atoms with van der Waals surface area (Å²) < 4.78 is 0. The lowest BCUT2D eigenvalue weighted by molar-refractivity contribution is -0.384. The summed E-state index contributed by atoms with van der Waals surface area (Å²) in [5.41, 5.74) is 1.62. The minimum absolute atomic E-state index is 0.00905. The van der Waals surface area contributed by atoms with E-state index in [0.29, 0.717) is 5.56 Å². The first-order valence-corrected chi connectivity index (χ1v) is 7.96. The molecule has 0 aliphatic heterocycles. The Morgan fingerprint density at radius 2 is 1.92 bits per heavy atom. The van der Waals surface area contributed by atoms with Crippen molar-refractivity contribution >= 4 is 11.6 Å². The Balaban J connectivity index is 1.80. The van der Waals surface area contributed by atoms with E-state index in [0.717, 1.165) is 5.69 Å². The van der Waals surface area contributed by atoms with Gasteiger partial charge in [-0.25, -0.2) is 0 Å². The topological polar surface area (TPSA) is 94.2 Å². The highest BCUT2D eigenvalue weighted by atomic mass is 16.6. The molecule has 0 aliphatic rings. The van der Waals surface area contributed by atoms with E-state index in [4.69, 9.17) is 0 Å². The standard InChI is InChI=1S/C18H17N5O3/c1-13(14-7-6-10-16(11-14)23(25)26)21(2)18(24)17-12-19-22(20-17)15-8-4-3-5-9-15/h3-13H,1-2H3/t13-/m0/s1. The molecule has 26 heavy (non-hydrogen) atoms. The SMILES string of the molecule is C[C@@H](c1cccc([N+](=O)[O-])c1)N(C)C(=O)c1cnn(-c2ccccc2)n1. The molecule has 8 heteroatoms. The summed E-state index contributed by atoms with van der Waals surface area (Å²) in [5, 5.41) is 19.3. The Hall–Kier alpha value is -3.55. The predicted octanol–water partition coefficient (Wildman–Crippen LogP) is 3.01. The molecule has 0 bridgehead atoms. The molecular weight excluding hydrogens is 334 g/mol. The molecule has 0 saturated heterocycles. The molecular formula is C18H17N5O3. The lowest BCUT2D eigenvalue weighted by atomic mass is 10.1. The van der Waals surface area contributed by atoms with Crippen molar-refractivity contribution in [2.24, 2.45) is 0 Å². The number of benzene rings is 2. The maximum Gasteiger partial charge on any atom is 0.276 e. The number of nitro groups is 1. The Labute approximate surface area is 149 Å². The normalized spacial score (nSPS) is 11.8. The highest BCUT2D eigenvalue weighted by Gasteiger charge is 2.22. The maximum absolute atomic E-state index is 12.7. The molecule has 3 aromatic rings. The van der Waals surface area contributed by atoms with Gasteiger partial charge in [-0.15, -0.1) is 5.10 Å². The number of nitro benzene ring substituents is 1. The van der Waals surface area contributed by atoms with Crippen molar-refractivity contribution in [3.8, 4) is 5.69 Å². The van der Waals surface area contributed by atoms with Gasteiger partial charge in [0.2, 0.25) is 0 Å². The van der Waals surface area contributed by atoms with E-state index in [2.05, 4.69) is 10.2 Å². The third-order valence-corrected chi connectivity index (χ3v) is 4.16. The molecule has 0 radical (unpaired) electrons. The molecule has 2 aromatic carbocycles. The second-order valence-electron chi connectivity index (χ2n) is 5.80. The van der Waals surface area contributed by atoms with Gasteiger partial charge in [0.1, 0.15) is 0 Å². The summed E-state index contributed by atoms with van der Waals surface area (Å²) in [6.07, 6.45) is 1.41. The molecule has 0 fully saturated rings. The Bertz CT molecular complexity index is 939. The van der Waals surface area contributed by atoms with Crippen LogP contribution in [0.25, 0.3) is 5.69 Å². The van der Waals surface area contributed by atoms with Crippen LogP contribution in [-0.2, 0) is 0 Å². The number of aromatic nitrogens is 3. The lowest BCUT2D eigenvalue weighted by Crippen LogP contribution is -2.30. The number of nitrogens with zero attached hydrogens (tertiary/aromatic N) is 5. The second-order valence-corrected chi connectivity index (χ2v) is 5.80. The van der Waals surface area contributed by atoms with Gasteiger partial charge in [0.25, 0.3) is 11.6 Å². The number of carbonyl (C=O) groups is 1. The molecule has 8 nitrogen and oxygen atoms in total. The van der Waals surface area contributed by atoms with Crippen molar-refractivity contribution in [2.75, 3.05) is 7.05 Å². The van der Waals surface area contributed by atoms with Crippen LogP contribution >= 0.6 is 0 Å². The highest BCUT2D eigenvalue weighted by molar-refractivity contribution is 5.92. The fourth-order valence-electron chi connectivity index (χ4n) is 2.53. The third kappa shape index (κ3) is 3.44. The van der Waals surface area contributed by atoms with Gasteiger partial charge in [-0.2, -0.15) is 9.90 Å². The van der Waals surface area contributed by atoms with Gasteiger partial charge in [0, 0.05) is 19.2 Å². The Morgan fingerprint density at radius 3 is 2.62 bits per heavy atom. The van der Waals surface area contributed by atoms with Crippen molar-refractivity contribution < 1.29 is 9.72 Å². The molecule has 1 amide bonds. The Kier molecular flexibility index (Phi) is 4.74. The van der Waals surface area contributed by atoms with Crippen LogP contribution in [0.3, 0.4) is 0 Å². The van der Waals surface area contributed by atoms with Crippen LogP contribution in [0.1, 0.15) is 29.0 Å². The minimum Gasteiger partial charge on any atom is -0.333 e. The molecule has 0 saturated carbocycles. The van der Waals surface area contributed by atoms with Gasteiger partial charge in [0.15, 0.2) is 5.69 Å². The summed E-state index contributed by atoms with van der Waals surface area (Å²) in [7, 11) is 1.63. The number of hydrogen-bond acceptors (Lipinski definition) is 5. The first kappa shape index (κ1) is 17.3. The van der Waals surface area contributed by atoms with E-state index < -0.39 is 4.92 Å². The van der Waals surface area contributed by atoms with Crippen LogP contribution in [-0.4, -0.2) is 37.8 Å². The number of hydrogen-bond donors (Lipinski definition) is 0. The zero-order valence-electron chi connectivity index (χ0n) is 14.3. The van der Waals surface area contributed by atoms with Crippen molar-refractivity contribution in [3.63, 3.8) is 0 Å². The number of para-hydroxylation sites is 1. The fraction of sp³-hybridized carbons (Fsp3) is 0.167. The van der Waals surface area contributed by atoms with Gasteiger partial charge in [-0.1, -0.05) is 30.3 Å². The monoisotopic (exact) mass is 351 g/mol. The first-order chi connectivity index (χ1) is 12.5. The molecule has 3 rings (SSSR count). The van der Waals surface area contributed by atoms with E-state index in [9.17, 15) is 14.9 Å².